The van der Waals surface area contributed by atoms with Gasteiger partial charge in [-0.1, -0.05) is 60.7 Å². The maximum absolute atomic E-state index is 13.0. The summed E-state index contributed by atoms with van der Waals surface area (Å²) in [5.41, 5.74) is 5.75. The zero-order chi connectivity index (χ0) is 22.3. The Morgan fingerprint density at radius 3 is 2.22 bits per heavy atom. The number of rotatable bonds is 4. The summed E-state index contributed by atoms with van der Waals surface area (Å²) in [5, 5.41) is 7.28. The molecule has 0 bridgehead atoms. The lowest BCUT2D eigenvalue weighted by molar-refractivity contribution is -0.128. The van der Waals surface area contributed by atoms with Crippen LogP contribution in [0.25, 0.3) is 0 Å². The van der Waals surface area contributed by atoms with Gasteiger partial charge < -0.3 is 0 Å². The molecule has 1 spiro atoms. The number of hydrogen-bond donors (Lipinski definition) is 2. The van der Waals surface area contributed by atoms with Gasteiger partial charge in [-0.15, -0.1) is 0 Å². The number of benzene rings is 2. The molecule has 8 heteroatoms. The van der Waals surface area contributed by atoms with Crippen LogP contribution < -0.4 is 11.0 Å². The Balaban J connectivity index is 1.49. The molecule has 1 aromatic heterocycles. The number of hydrogen-bond acceptors (Lipinski definition) is 4. The molecule has 5 rings (SSSR count). The third-order valence-corrected chi connectivity index (χ3v) is 7.42. The molecule has 7 nitrogen and oxygen atoms in total. The SMILES string of the molecule is Cn1[nH]c(=O)c(Br)c1C(c1ccccc1)N1CCC2(CC1)C(=O)NN=C2c1ccccc1. The van der Waals surface area contributed by atoms with E-state index < -0.39 is 5.41 Å². The summed E-state index contributed by atoms with van der Waals surface area (Å²) in [6.07, 6.45) is 1.32. The first-order valence-corrected chi connectivity index (χ1v) is 11.5. The van der Waals surface area contributed by atoms with Crippen molar-refractivity contribution in [2.24, 2.45) is 17.6 Å². The van der Waals surface area contributed by atoms with E-state index in [1.54, 1.807) is 4.68 Å². The Morgan fingerprint density at radius 2 is 1.62 bits per heavy atom. The van der Waals surface area contributed by atoms with Crippen molar-refractivity contribution in [1.29, 1.82) is 0 Å². The van der Waals surface area contributed by atoms with Crippen molar-refractivity contribution in [2.45, 2.75) is 18.9 Å². The van der Waals surface area contributed by atoms with Crippen LogP contribution in [0.3, 0.4) is 0 Å². The number of likely N-dealkylation sites (tertiary alicyclic amines) is 1. The fourth-order valence-electron chi connectivity index (χ4n) is 5.00. The number of piperidine rings is 1. The molecule has 1 atom stereocenters. The van der Waals surface area contributed by atoms with Crippen molar-refractivity contribution in [2.75, 3.05) is 13.1 Å². The van der Waals surface area contributed by atoms with Crippen molar-refractivity contribution >= 4 is 27.5 Å². The van der Waals surface area contributed by atoms with Gasteiger partial charge in [0.25, 0.3) is 11.5 Å². The largest absolute Gasteiger partial charge is 0.291 e. The van der Waals surface area contributed by atoms with Crippen LogP contribution in [0.2, 0.25) is 0 Å². The van der Waals surface area contributed by atoms with E-state index in [9.17, 15) is 9.59 Å². The Bertz CT molecular complexity index is 1220. The van der Waals surface area contributed by atoms with Crippen LogP contribution in [-0.2, 0) is 11.8 Å². The average molecular weight is 494 g/mol. The van der Waals surface area contributed by atoms with E-state index in [0.29, 0.717) is 30.4 Å². The molecule has 2 aliphatic rings. The molecule has 2 N–H and O–H groups in total. The number of carbonyl (C=O) groups is 1. The Hall–Kier alpha value is -2.97. The summed E-state index contributed by atoms with van der Waals surface area (Å²) in [4.78, 5) is 27.6. The fraction of sp³-hybridized carbons (Fsp3) is 0.292. The summed E-state index contributed by atoms with van der Waals surface area (Å²) < 4.78 is 2.33. The van der Waals surface area contributed by atoms with E-state index in [1.807, 2.05) is 55.6 Å². The van der Waals surface area contributed by atoms with Crippen LogP contribution >= 0.6 is 15.9 Å². The van der Waals surface area contributed by atoms with Gasteiger partial charge in [-0.2, -0.15) is 5.10 Å². The highest BCUT2D eigenvalue weighted by Gasteiger charge is 2.50. The molecule has 164 valence electrons. The first kappa shape index (κ1) is 20.9. The molecule has 2 aromatic carbocycles. The lowest BCUT2D eigenvalue weighted by Gasteiger charge is -2.42. The molecular weight excluding hydrogens is 470 g/mol. The predicted molar refractivity (Wildman–Crippen MR) is 126 cm³/mol. The van der Waals surface area contributed by atoms with E-state index in [-0.39, 0.29) is 17.5 Å². The fourth-order valence-corrected chi connectivity index (χ4v) is 5.57. The Morgan fingerprint density at radius 1 is 1.00 bits per heavy atom. The second-order valence-electron chi connectivity index (χ2n) is 8.40. The molecule has 3 heterocycles. The minimum Gasteiger partial charge on any atom is -0.291 e. The molecule has 0 radical (unpaired) electrons. The van der Waals surface area contributed by atoms with Gasteiger partial charge in [0.2, 0.25) is 0 Å². The lowest BCUT2D eigenvalue weighted by atomic mass is 9.72. The van der Waals surface area contributed by atoms with Crippen LogP contribution in [0.1, 0.15) is 35.7 Å². The van der Waals surface area contributed by atoms with Crippen LogP contribution in [-0.4, -0.2) is 39.4 Å². The topological polar surface area (TPSA) is 82.5 Å². The second-order valence-corrected chi connectivity index (χ2v) is 9.19. The van der Waals surface area contributed by atoms with Gasteiger partial charge >= 0.3 is 0 Å². The second kappa shape index (κ2) is 8.18. The van der Waals surface area contributed by atoms with E-state index in [1.165, 1.54) is 0 Å². The molecule has 0 saturated carbocycles. The highest BCUT2D eigenvalue weighted by atomic mass is 79.9. The smallest absolute Gasteiger partial charge is 0.278 e. The standard InChI is InChI=1S/C24H24BrN5O2/c1-29-20(18(25)22(31)28-29)19(16-8-4-2-5-9-16)30-14-12-24(13-15-30)21(26-27-23(24)32)17-10-6-3-7-11-17/h2-11,19H,12-15H2,1H3,(H,27,32)(H,28,31). The van der Waals surface area contributed by atoms with Gasteiger partial charge in [-0.05, 0) is 39.9 Å². The van der Waals surface area contributed by atoms with Gasteiger partial charge in [0.05, 0.1) is 22.9 Å². The zero-order valence-electron chi connectivity index (χ0n) is 17.7. The highest BCUT2D eigenvalue weighted by Crippen LogP contribution is 2.42. The van der Waals surface area contributed by atoms with Crippen LogP contribution in [0.15, 0.2) is 75.0 Å². The number of aromatic amines is 1. The average Bonchev–Trinajstić information content (AvgIpc) is 3.26. The summed E-state index contributed by atoms with van der Waals surface area (Å²) in [6, 6.07) is 20.0. The molecule has 1 saturated heterocycles. The summed E-state index contributed by atoms with van der Waals surface area (Å²) in [5.74, 6) is -0.0255. The maximum atomic E-state index is 13.0. The molecule has 1 amide bonds. The first-order valence-electron chi connectivity index (χ1n) is 10.7. The number of nitrogens with zero attached hydrogens (tertiary/aromatic N) is 3. The quantitative estimate of drug-likeness (QED) is 0.585. The Kier molecular flexibility index (Phi) is 5.35. The van der Waals surface area contributed by atoms with Crippen molar-refractivity contribution in [3.05, 3.63) is 92.3 Å². The monoisotopic (exact) mass is 493 g/mol. The van der Waals surface area contributed by atoms with Crippen molar-refractivity contribution in [1.82, 2.24) is 20.1 Å². The number of H-pyrrole nitrogens is 1. The van der Waals surface area contributed by atoms with Crippen LogP contribution in [0.4, 0.5) is 0 Å². The van der Waals surface area contributed by atoms with Crippen LogP contribution in [0, 0.1) is 5.41 Å². The number of aromatic nitrogens is 2. The third-order valence-electron chi connectivity index (χ3n) is 6.65. The first-order chi connectivity index (χ1) is 15.5. The van der Waals surface area contributed by atoms with E-state index in [2.05, 4.69) is 48.6 Å². The molecule has 1 fully saturated rings. The minimum absolute atomic E-state index is 0.0255. The van der Waals surface area contributed by atoms with Crippen molar-refractivity contribution in [3.63, 3.8) is 0 Å². The number of amides is 1. The molecule has 2 aliphatic heterocycles. The van der Waals surface area contributed by atoms with Gasteiger partial charge in [-0.3, -0.25) is 24.3 Å². The van der Waals surface area contributed by atoms with E-state index in [4.69, 9.17) is 0 Å². The minimum atomic E-state index is -0.625. The number of nitrogens with one attached hydrogen (secondary N) is 2. The number of hydrazone groups is 1. The van der Waals surface area contributed by atoms with Crippen LogP contribution in [0.5, 0.6) is 0 Å². The van der Waals surface area contributed by atoms with Crippen molar-refractivity contribution in [3.8, 4) is 0 Å². The Labute approximate surface area is 194 Å². The van der Waals surface area contributed by atoms with Gasteiger partial charge in [0.1, 0.15) is 4.47 Å². The number of carbonyl (C=O) groups excluding carboxylic acids is 1. The third kappa shape index (κ3) is 3.34. The lowest BCUT2D eigenvalue weighted by Crippen LogP contribution is -2.49. The van der Waals surface area contributed by atoms with E-state index >= 15 is 0 Å². The van der Waals surface area contributed by atoms with Crippen molar-refractivity contribution < 1.29 is 4.79 Å². The maximum Gasteiger partial charge on any atom is 0.278 e. The summed E-state index contributed by atoms with van der Waals surface area (Å²) in [6.45, 7) is 1.40. The summed E-state index contributed by atoms with van der Waals surface area (Å²) in [7, 11) is 1.85. The number of halogens is 1. The molecular formula is C24H24BrN5O2. The zero-order valence-corrected chi connectivity index (χ0v) is 19.3. The van der Waals surface area contributed by atoms with Gasteiger partial charge in [0.15, 0.2) is 0 Å². The molecule has 0 aliphatic carbocycles. The summed E-state index contributed by atoms with van der Waals surface area (Å²) >= 11 is 3.50. The highest BCUT2D eigenvalue weighted by molar-refractivity contribution is 9.10. The molecule has 32 heavy (non-hydrogen) atoms. The number of aryl methyl sites for hydroxylation is 1. The van der Waals surface area contributed by atoms with Gasteiger partial charge in [-0.25, -0.2) is 5.43 Å². The molecule has 3 aromatic rings. The molecule has 1 unspecified atom stereocenters. The van der Waals surface area contributed by atoms with Gasteiger partial charge in [0, 0.05) is 20.1 Å². The normalized spacial score (nSPS) is 19.1. The predicted octanol–water partition coefficient (Wildman–Crippen LogP) is 3.18. The van der Waals surface area contributed by atoms with E-state index in [0.717, 1.165) is 22.5 Å².